The fraction of sp³-hybridized carbons (Fsp3) is 0.150. The summed E-state index contributed by atoms with van der Waals surface area (Å²) >= 11 is 0. The molecule has 3 aromatic rings. The van der Waals surface area contributed by atoms with E-state index < -0.39 is 17.7 Å². The van der Waals surface area contributed by atoms with Crippen LogP contribution in [0.15, 0.2) is 61.2 Å². The van der Waals surface area contributed by atoms with Crippen LogP contribution in [0.25, 0.3) is 0 Å². The molecule has 4 rings (SSSR count). The van der Waals surface area contributed by atoms with E-state index in [0.29, 0.717) is 35.7 Å². The number of carbonyl (C=O) groups excluding carboxylic acids is 3. The fourth-order valence-electron chi connectivity index (χ4n) is 3.00. The first-order chi connectivity index (χ1) is 14.1. The van der Waals surface area contributed by atoms with Crippen molar-refractivity contribution in [3.63, 3.8) is 0 Å². The van der Waals surface area contributed by atoms with Crippen molar-refractivity contribution in [2.75, 3.05) is 18.5 Å². The van der Waals surface area contributed by atoms with Gasteiger partial charge in [-0.1, -0.05) is 18.2 Å². The van der Waals surface area contributed by atoms with Crippen LogP contribution in [0.4, 0.5) is 5.69 Å². The Hall–Kier alpha value is -4.01. The number of hydrogen-bond acceptors (Lipinski definition) is 6. The van der Waals surface area contributed by atoms with Crippen LogP contribution in [0.5, 0.6) is 5.75 Å². The normalized spacial score (nSPS) is 12.8. The first kappa shape index (κ1) is 18.4. The summed E-state index contributed by atoms with van der Waals surface area (Å²) in [6.07, 6.45) is 3.05. The zero-order valence-electron chi connectivity index (χ0n) is 15.3. The number of benzene rings is 2. The molecule has 1 aromatic heterocycles. The van der Waals surface area contributed by atoms with Crippen molar-refractivity contribution in [3.05, 3.63) is 72.3 Å². The van der Waals surface area contributed by atoms with Crippen LogP contribution < -0.4 is 10.1 Å². The van der Waals surface area contributed by atoms with E-state index in [9.17, 15) is 14.4 Å². The van der Waals surface area contributed by atoms with Gasteiger partial charge in [0, 0.05) is 11.8 Å². The van der Waals surface area contributed by atoms with E-state index in [4.69, 9.17) is 4.74 Å². The van der Waals surface area contributed by atoms with Gasteiger partial charge in [-0.05, 0) is 24.3 Å². The highest BCUT2D eigenvalue weighted by atomic mass is 16.5. The van der Waals surface area contributed by atoms with Gasteiger partial charge in [0.1, 0.15) is 31.6 Å². The number of amides is 3. The maximum absolute atomic E-state index is 12.4. The largest absolute Gasteiger partial charge is 0.492 e. The van der Waals surface area contributed by atoms with Gasteiger partial charge >= 0.3 is 0 Å². The number of ether oxygens (including phenoxy) is 1. The number of nitrogens with one attached hydrogen (secondary N) is 1. The van der Waals surface area contributed by atoms with Crippen molar-refractivity contribution in [1.82, 2.24) is 19.7 Å². The van der Waals surface area contributed by atoms with Crippen LogP contribution in [0.2, 0.25) is 0 Å². The molecule has 0 fully saturated rings. The van der Waals surface area contributed by atoms with Gasteiger partial charge in [0.25, 0.3) is 11.8 Å². The number of carbonyl (C=O) groups is 3. The third-order valence-electron chi connectivity index (χ3n) is 4.35. The Morgan fingerprint density at radius 2 is 1.79 bits per heavy atom. The fourth-order valence-corrected chi connectivity index (χ4v) is 3.00. The van der Waals surface area contributed by atoms with Crippen molar-refractivity contribution in [3.8, 4) is 5.75 Å². The quantitative estimate of drug-likeness (QED) is 0.613. The molecule has 9 nitrogen and oxygen atoms in total. The van der Waals surface area contributed by atoms with E-state index in [0.717, 1.165) is 4.90 Å². The molecule has 2 aromatic carbocycles. The molecule has 0 unspecified atom stereocenters. The number of anilines is 1. The van der Waals surface area contributed by atoms with Crippen LogP contribution in [0, 0.1) is 0 Å². The molecule has 3 amide bonds. The summed E-state index contributed by atoms with van der Waals surface area (Å²) in [4.78, 5) is 41.9. The van der Waals surface area contributed by atoms with E-state index in [2.05, 4.69) is 15.4 Å². The van der Waals surface area contributed by atoms with Gasteiger partial charge in [-0.25, -0.2) is 9.67 Å². The Morgan fingerprint density at radius 1 is 1.03 bits per heavy atom. The van der Waals surface area contributed by atoms with E-state index in [1.54, 1.807) is 59.5 Å². The summed E-state index contributed by atoms with van der Waals surface area (Å²) in [5.74, 6) is -0.834. The summed E-state index contributed by atoms with van der Waals surface area (Å²) in [7, 11) is 0. The number of fused-ring (bicyclic) bond motifs is 1. The first-order valence-electron chi connectivity index (χ1n) is 8.92. The Morgan fingerprint density at radius 3 is 2.48 bits per heavy atom. The topological polar surface area (TPSA) is 106 Å². The molecule has 1 aliphatic heterocycles. The summed E-state index contributed by atoms with van der Waals surface area (Å²) in [6.45, 7) is 0.565. The summed E-state index contributed by atoms with van der Waals surface area (Å²) in [5.41, 5.74) is 1.13. The van der Waals surface area contributed by atoms with E-state index >= 15 is 0 Å². The minimum Gasteiger partial charge on any atom is -0.492 e. The predicted octanol–water partition coefficient (Wildman–Crippen LogP) is 1.59. The van der Waals surface area contributed by atoms with Gasteiger partial charge in [-0.2, -0.15) is 5.10 Å². The third-order valence-corrected chi connectivity index (χ3v) is 4.35. The van der Waals surface area contributed by atoms with E-state index in [1.165, 1.54) is 6.33 Å². The van der Waals surface area contributed by atoms with Crippen LogP contribution in [0.3, 0.4) is 0 Å². The van der Waals surface area contributed by atoms with Crippen molar-refractivity contribution in [1.29, 1.82) is 0 Å². The molecule has 0 aliphatic carbocycles. The lowest BCUT2D eigenvalue weighted by Crippen LogP contribution is -2.37. The van der Waals surface area contributed by atoms with E-state index in [1.807, 2.05) is 0 Å². The maximum atomic E-state index is 12.4. The number of rotatable bonds is 7. The molecule has 0 bridgehead atoms. The highest BCUT2D eigenvalue weighted by molar-refractivity contribution is 6.22. The average molecular weight is 391 g/mol. The van der Waals surface area contributed by atoms with Crippen molar-refractivity contribution in [2.24, 2.45) is 0 Å². The van der Waals surface area contributed by atoms with Crippen LogP contribution in [-0.2, 0) is 11.3 Å². The molecule has 2 heterocycles. The van der Waals surface area contributed by atoms with Crippen molar-refractivity contribution in [2.45, 2.75) is 6.54 Å². The minimum atomic E-state index is -0.473. The molecule has 9 heteroatoms. The summed E-state index contributed by atoms with van der Waals surface area (Å²) in [6, 6.07) is 13.4. The van der Waals surface area contributed by atoms with Crippen LogP contribution in [-0.4, -0.2) is 50.5 Å². The minimum absolute atomic E-state index is 0.313. The van der Waals surface area contributed by atoms with Crippen molar-refractivity contribution >= 4 is 23.4 Å². The van der Waals surface area contributed by atoms with Gasteiger partial charge in [-0.3, -0.25) is 19.3 Å². The molecule has 1 aliphatic rings. The highest BCUT2D eigenvalue weighted by Crippen LogP contribution is 2.22. The third kappa shape index (κ3) is 3.98. The average Bonchev–Trinajstić information content (AvgIpc) is 3.32. The molecule has 29 heavy (non-hydrogen) atoms. The second-order valence-electron chi connectivity index (χ2n) is 6.33. The van der Waals surface area contributed by atoms with Gasteiger partial charge in [0.15, 0.2) is 0 Å². The zero-order valence-corrected chi connectivity index (χ0v) is 15.3. The molecule has 146 valence electrons. The van der Waals surface area contributed by atoms with Gasteiger partial charge in [-0.15, -0.1) is 0 Å². The lowest BCUT2D eigenvalue weighted by Gasteiger charge is -2.14. The molecule has 0 spiro atoms. The highest BCUT2D eigenvalue weighted by Gasteiger charge is 2.36. The van der Waals surface area contributed by atoms with Gasteiger partial charge in [0.05, 0.1) is 17.7 Å². The van der Waals surface area contributed by atoms with E-state index in [-0.39, 0.29) is 6.54 Å². The SMILES string of the molecule is O=C(CN1C(=O)c2ccccc2C1=O)Nc1cccc(OCCn2cncn2)c1. The number of aromatic nitrogens is 3. The second kappa shape index (κ2) is 7.93. The van der Waals surface area contributed by atoms with Crippen LogP contribution in [0.1, 0.15) is 20.7 Å². The molecule has 0 saturated heterocycles. The van der Waals surface area contributed by atoms with Gasteiger partial charge in [0.2, 0.25) is 5.91 Å². The summed E-state index contributed by atoms with van der Waals surface area (Å²) < 4.78 is 7.30. The molecular formula is C20H17N5O4. The number of imide groups is 1. The van der Waals surface area contributed by atoms with Gasteiger partial charge < -0.3 is 10.1 Å². The number of nitrogens with zero attached hydrogens (tertiary/aromatic N) is 4. The first-order valence-corrected chi connectivity index (χ1v) is 8.92. The summed E-state index contributed by atoms with van der Waals surface area (Å²) in [5, 5.41) is 6.68. The maximum Gasteiger partial charge on any atom is 0.262 e. The smallest absolute Gasteiger partial charge is 0.262 e. The van der Waals surface area contributed by atoms with Crippen molar-refractivity contribution < 1.29 is 19.1 Å². The Balaban J connectivity index is 1.34. The van der Waals surface area contributed by atoms with Crippen LogP contribution >= 0.6 is 0 Å². The molecule has 0 saturated carbocycles. The zero-order chi connectivity index (χ0) is 20.2. The predicted molar refractivity (Wildman–Crippen MR) is 102 cm³/mol. The Bertz CT molecular complexity index is 1030. The molecule has 0 radical (unpaired) electrons. The molecule has 1 N–H and O–H groups in total. The lowest BCUT2D eigenvalue weighted by molar-refractivity contribution is -0.116. The lowest BCUT2D eigenvalue weighted by atomic mass is 10.1. The molecular weight excluding hydrogens is 374 g/mol. The monoisotopic (exact) mass is 391 g/mol. The number of hydrogen-bond donors (Lipinski definition) is 1. The second-order valence-corrected chi connectivity index (χ2v) is 6.33. The molecule has 0 atom stereocenters. The Kier molecular flexibility index (Phi) is 5.02. The standard InChI is InChI=1S/C20H17N5O4/c26-18(11-25-19(27)16-6-1-2-7-17(16)20(25)28)23-14-4-3-5-15(10-14)29-9-8-24-13-21-12-22-24/h1-7,10,12-13H,8-9,11H2,(H,23,26). The Labute approximate surface area is 165 Å².